The highest BCUT2D eigenvalue weighted by atomic mass is 16.6. The molecule has 0 aliphatic carbocycles. The number of nitrogens with zero attached hydrogens (tertiary/aromatic N) is 1. The molecule has 2 aromatic rings. The largest absolute Gasteiger partial charge is 0.478 e. The number of aromatic carboxylic acids is 1. The summed E-state index contributed by atoms with van der Waals surface area (Å²) in [6, 6.07) is 6.87. The Hall–Kier alpha value is -2.83. The zero-order valence-electron chi connectivity index (χ0n) is 10.6. The first-order chi connectivity index (χ1) is 9.49. The van der Waals surface area contributed by atoms with Crippen molar-refractivity contribution in [3.8, 4) is 0 Å². The molecule has 0 saturated carbocycles. The van der Waals surface area contributed by atoms with Gasteiger partial charge < -0.3 is 14.8 Å². The molecule has 2 N–H and O–H groups in total. The number of nitro benzene ring substituents is 1. The van der Waals surface area contributed by atoms with Gasteiger partial charge in [-0.15, -0.1) is 0 Å². The number of anilines is 1. The number of rotatable bonds is 5. The highest BCUT2D eigenvalue weighted by Gasteiger charge is 2.18. The number of hydrogen-bond acceptors (Lipinski definition) is 5. The Morgan fingerprint density at radius 1 is 1.45 bits per heavy atom. The summed E-state index contributed by atoms with van der Waals surface area (Å²) in [5.41, 5.74) is -0.122. The van der Waals surface area contributed by atoms with Crippen molar-refractivity contribution in [2.75, 3.05) is 5.32 Å². The second kappa shape index (κ2) is 5.43. The van der Waals surface area contributed by atoms with Gasteiger partial charge in [0.2, 0.25) is 0 Å². The maximum atomic E-state index is 11.2. The molecule has 0 bridgehead atoms. The average molecular weight is 276 g/mol. The standard InChI is InChI=1S/C13H12N2O5/c1-8(12-3-2-6-20-12)14-11-5-4-9(15(18)19)7-10(11)13(16)17/h2-8,14H,1H3,(H,16,17). The molecule has 7 heteroatoms. The molecule has 0 amide bonds. The average Bonchev–Trinajstić information content (AvgIpc) is 2.92. The molecule has 0 radical (unpaired) electrons. The molecule has 0 saturated heterocycles. The number of nitro groups is 1. The van der Waals surface area contributed by atoms with Crippen LogP contribution in [0.3, 0.4) is 0 Å². The lowest BCUT2D eigenvalue weighted by molar-refractivity contribution is -0.384. The summed E-state index contributed by atoms with van der Waals surface area (Å²) in [5.74, 6) is -0.595. The number of carboxylic acids is 1. The molecule has 0 aliphatic heterocycles. The Labute approximate surface area is 114 Å². The van der Waals surface area contributed by atoms with Gasteiger partial charge in [0.1, 0.15) is 5.76 Å². The van der Waals surface area contributed by atoms with Crippen molar-refractivity contribution >= 4 is 17.3 Å². The molecule has 0 fully saturated rings. The van der Waals surface area contributed by atoms with Gasteiger partial charge in [0.15, 0.2) is 0 Å². The SMILES string of the molecule is CC(Nc1ccc([N+](=O)[O-])cc1C(=O)O)c1ccco1. The van der Waals surface area contributed by atoms with E-state index in [0.29, 0.717) is 11.4 Å². The van der Waals surface area contributed by atoms with Crippen LogP contribution >= 0.6 is 0 Å². The topological polar surface area (TPSA) is 106 Å². The van der Waals surface area contributed by atoms with Crippen LogP contribution in [0.1, 0.15) is 29.1 Å². The Kier molecular flexibility index (Phi) is 3.69. The predicted molar refractivity (Wildman–Crippen MR) is 70.8 cm³/mol. The van der Waals surface area contributed by atoms with E-state index in [4.69, 9.17) is 9.52 Å². The molecular weight excluding hydrogens is 264 g/mol. The first-order valence-electron chi connectivity index (χ1n) is 5.80. The fraction of sp³-hybridized carbons (Fsp3) is 0.154. The quantitative estimate of drug-likeness (QED) is 0.642. The van der Waals surface area contributed by atoms with E-state index in [1.54, 1.807) is 19.1 Å². The molecule has 7 nitrogen and oxygen atoms in total. The van der Waals surface area contributed by atoms with Crippen LogP contribution in [-0.2, 0) is 0 Å². The molecule has 104 valence electrons. The van der Waals surface area contributed by atoms with Gasteiger partial charge in [-0.05, 0) is 25.1 Å². The van der Waals surface area contributed by atoms with E-state index in [0.717, 1.165) is 6.07 Å². The molecule has 0 aliphatic rings. The predicted octanol–water partition coefficient (Wildman–Crippen LogP) is 3.06. The van der Waals surface area contributed by atoms with E-state index >= 15 is 0 Å². The molecule has 20 heavy (non-hydrogen) atoms. The Morgan fingerprint density at radius 2 is 2.20 bits per heavy atom. The van der Waals surface area contributed by atoms with Crippen LogP contribution in [0, 0.1) is 10.1 Å². The van der Waals surface area contributed by atoms with Crippen molar-refractivity contribution in [1.82, 2.24) is 0 Å². The Morgan fingerprint density at radius 3 is 2.75 bits per heavy atom. The molecule has 2 rings (SSSR count). The Balaban J connectivity index is 2.31. The fourth-order valence-electron chi connectivity index (χ4n) is 1.79. The van der Waals surface area contributed by atoms with Crippen LogP contribution in [0.15, 0.2) is 41.0 Å². The maximum Gasteiger partial charge on any atom is 0.338 e. The van der Waals surface area contributed by atoms with Crippen LogP contribution in [0.25, 0.3) is 0 Å². The second-order valence-electron chi connectivity index (χ2n) is 4.17. The number of nitrogens with one attached hydrogen (secondary N) is 1. The summed E-state index contributed by atoms with van der Waals surface area (Å²) in [7, 11) is 0. The third-order valence-corrected chi connectivity index (χ3v) is 2.79. The van der Waals surface area contributed by atoms with Crippen molar-refractivity contribution in [3.63, 3.8) is 0 Å². The van der Waals surface area contributed by atoms with Crippen LogP contribution in [0.4, 0.5) is 11.4 Å². The molecule has 1 aromatic heterocycles. The molecule has 1 heterocycles. The summed E-state index contributed by atoms with van der Waals surface area (Å²) in [4.78, 5) is 21.2. The molecular formula is C13H12N2O5. The summed E-state index contributed by atoms with van der Waals surface area (Å²) in [6.07, 6.45) is 1.52. The van der Waals surface area contributed by atoms with Crippen LogP contribution in [0.5, 0.6) is 0 Å². The minimum Gasteiger partial charge on any atom is -0.478 e. The number of hydrogen-bond donors (Lipinski definition) is 2. The Bertz CT molecular complexity index is 636. The van der Waals surface area contributed by atoms with Crippen molar-refractivity contribution in [3.05, 3.63) is 58.0 Å². The third kappa shape index (κ3) is 2.77. The first-order valence-corrected chi connectivity index (χ1v) is 5.80. The lowest BCUT2D eigenvalue weighted by Crippen LogP contribution is -2.10. The minimum atomic E-state index is -1.23. The molecule has 1 atom stereocenters. The number of carbonyl (C=O) groups is 1. The number of benzene rings is 1. The van der Waals surface area contributed by atoms with Crippen molar-refractivity contribution in [2.24, 2.45) is 0 Å². The van der Waals surface area contributed by atoms with Crippen LogP contribution in [0.2, 0.25) is 0 Å². The lowest BCUT2D eigenvalue weighted by Gasteiger charge is -2.14. The van der Waals surface area contributed by atoms with E-state index in [9.17, 15) is 14.9 Å². The van der Waals surface area contributed by atoms with E-state index in [2.05, 4.69) is 5.32 Å². The van der Waals surface area contributed by atoms with E-state index < -0.39 is 10.9 Å². The lowest BCUT2D eigenvalue weighted by atomic mass is 10.1. The van der Waals surface area contributed by atoms with Gasteiger partial charge in [-0.1, -0.05) is 0 Å². The van der Waals surface area contributed by atoms with Gasteiger partial charge in [0.25, 0.3) is 5.69 Å². The molecule has 1 unspecified atom stereocenters. The molecule has 0 spiro atoms. The van der Waals surface area contributed by atoms with Gasteiger partial charge in [-0.25, -0.2) is 4.79 Å². The molecule has 1 aromatic carbocycles. The smallest absolute Gasteiger partial charge is 0.338 e. The fourth-order valence-corrected chi connectivity index (χ4v) is 1.79. The monoisotopic (exact) mass is 276 g/mol. The summed E-state index contributed by atoms with van der Waals surface area (Å²) in [5, 5.41) is 22.8. The van der Waals surface area contributed by atoms with Crippen molar-refractivity contribution < 1.29 is 19.2 Å². The van der Waals surface area contributed by atoms with Gasteiger partial charge >= 0.3 is 5.97 Å². The summed E-state index contributed by atoms with van der Waals surface area (Å²) < 4.78 is 5.21. The first kappa shape index (κ1) is 13.6. The van der Waals surface area contributed by atoms with Crippen molar-refractivity contribution in [2.45, 2.75) is 13.0 Å². The summed E-state index contributed by atoms with van der Waals surface area (Å²) in [6.45, 7) is 1.80. The van der Waals surface area contributed by atoms with E-state index in [-0.39, 0.29) is 17.3 Å². The van der Waals surface area contributed by atoms with Gasteiger partial charge in [0, 0.05) is 17.8 Å². The van der Waals surface area contributed by atoms with Gasteiger partial charge in [-0.3, -0.25) is 10.1 Å². The maximum absolute atomic E-state index is 11.2. The normalized spacial score (nSPS) is 11.8. The van der Waals surface area contributed by atoms with Crippen LogP contribution in [-0.4, -0.2) is 16.0 Å². The number of furan rings is 1. The summed E-state index contributed by atoms with van der Waals surface area (Å²) >= 11 is 0. The van der Waals surface area contributed by atoms with Gasteiger partial charge in [-0.2, -0.15) is 0 Å². The highest BCUT2D eigenvalue weighted by molar-refractivity contribution is 5.95. The number of carboxylic acid groups (broad SMARTS) is 1. The minimum absolute atomic E-state index is 0.155. The van der Waals surface area contributed by atoms with Gasteiger partial charge in [0.05, 0.1) is 22.8 Å². The zero-order valence-corrected chi connectivity index (χ0v) is 10.6. The third-order valence-electron chi connectivity index (χ3n) is 2.79. The zero-order chi connectivity index (χ0) is 14.7. The van der Waals surface area contributed by atoms with Crippen LogP contribution < -0.4 is 5.32 Å². The number of non-ortho nitro benzene ring substituents is 1. The highest BCUT2D eigenvalue weighted by Crippen LogP contribution is 2.26. The van der Waals surface area contributed by atoms with E-state index in [1.165, 1.54) is 18.4 Å². The van der Waals surface area contributed by atoms with Crippen molar-refractivity contribution in [1.29, 1.82) is 0 Å². The van der Waals surface area contributed by atoms with E-state index in [1.807, 2.05) is 0 Å². The second-order valence-corrected chi connectivity index (χ2v) is 4.17.